The smallest absolute Gasteiger partial charge is 0.167 e. The number of ether oxygens (including phenoxy) is 1. The Labute approximate surface area is 130 Å². The van der Waals surface area contributed by atoms with Crippen LogP contribution in [0.1, 0.15) is 0 Å². The molecule has 0 saturated heterocycles. The summed E-state index contributed by atoms with van der Waals surface area (Å²) in [5.74, 6) is 1.79. The number of imidazole rings is 1. The summed E-state index contributed by atoms with van der Waals surface area (Å²) in [6.45, 7) is 0.680. The molecular formula is C12H14Br2N2OS. The highest BCUT2D eigenvalue weighted by atomic mass is 79.9. The first-order valence-corrected chi connectivity index (χ1v) is 7.02. The predicted molar refractivity (Wildman–Crippen MR) is 83.9 cm³/mol. The van der Waals surface area contributed by atoms with E-state index in [9.17, 15) is 0 Å². The Kier molecular flexibility index (Phi) is 6.81. The van der Waals surface area contributed by atoms with Crippen molar-refractivity contribution in [3.63, 3.8) is 0 Å². The Morgan fingerprint density at radius 3 is 2.67 bits per heavy atom. The second-order valence-electron chi connectivity index (χ2n) is 3.47. The summed E-state index contributed by atoms with van der Waals surface area (Å²) >= 11 is 5.08. The van der Waals surface area contributed by atoms with E-state index in [1.54, 1.807) is 18.0 Å². The van der Waals surface area contributed by atoms with Crippen LogP contribution in [0.15, 0.2) is 46.3 Å². The zero-order chi connectivity index (χ0) is 12.1. The van der Waals surface area contributed by atoms with Crippen molar-refractivity contribution in [3.8, 4) is 5.75 Å². The van der Waals surface area contributed by atoms with Crippen LogP contribution in [0.25, 0.3) is 0 Å². The van der Waals surface area contributed by atoms with E-state index in [-0.39, 0.29) is 17.0 Å². The molecule has 0 aliphatic heterocycles. The van der Waals surface area contributed by atoms with Gasteiger partial charge in [0.1, 0.15) is 5.75 Å². The molecule has 0 fully saturated rings. The van der Waals surface area contributed by atoms with Crippen LogP contribution in [0.2, 0.25) is 0 Å². The van der Waals surface area contributed by atoms with Crippen molar-refractivity contribution in [1.29, 1.82) is 0 Å². The van der Waals surface area contributed by atoms with Gasteiger partial charge in [0.25, 0.3) is 0 Å². The number of aromatic nitrogens is 2. The third kappa shape index (κ3) is 4.66. The van der Waals surface area contributed by atoms with E-state index in [4.69, 9.17) is 4.74 Å². The summed E-state index contributed by atoms with van der Waals surface area (Å²) in [4.78, 5) is 4.24. The quantitative estimate of drug-likeness (QED) is 0.568. The second-order valence-corrected chi connectivity index (χ2v) is 5.45. The van der Waals surface area contributed by atoms with Crippen LogP contribution in [0.5, 0.6) is 5.75 Å². The zero-order valence-corrected chi connectivity index (χ0v) is 14.0. The lowest BCUT2D eigenvalue weighted by Crippen LogP contribution is -2.01. The lowest BCUT2D eigenvalue weighted by Gasteiger charge is -2.05. The molecule has 0 atom stereocenters. The molecule has 1 aromatic carbocycles. The topological polar surface area (TPSA) is 27.1 Å². The number of hydrogen-bond donors (Lipinski definition) is 0. The molecule has 98 valence electrons. The molecule has 0 radical (unpaired) electrons. The molecule has 0 N–H and O–H groups in total. The maximum Gasteiger partial charge on any atom is 0.167 e. The average molecular weight is 394 g/mol. The van der Waals surface area contributed by atoms with Gasteiger partial charge in [-0.15, -0.1) is 17.0 Å². The van der Waals surface area contributed by atoms with Gasteiger partial charge in [0.05, 0.1) is 6.61 Å². The van der Waals surface area contributed by atoms with Gasteiger partial charge in [-0.1, -0.05) is 27.7 Å². The van der Waals surface area contributed by atoms with Crippen LogP contribution in [0.3, 0.4) is 0 Å². The summed E-state index contributed by atoms with van der Waals surface area (Å²) in [6.07, 6.45) is 3.75. The first-order valence-electron chi connectivity index (χ1n) is 5.24. The first-order chi connectivity index (χ1) is 8.25. The standard InChI is InChI=1S/C12H13BrN2OS.BrH/c1-15-7-6-14-12(15)17-9-8-16-11-4-2-10(13)3-5-11;/h2-7H,8-9H2,1H3;1H. The van der Waals surface area contributed by atoms with E-state index >= 15 is 0 Å². The van der Waals surface area contributed by atoms with Crippen molar-refractivity contribution in [2.45, 2.75) is 5.16 Å². The minimum atomic E-state index is 0. The van der Waals surface area contributed by atoms with Gasteiger partial charge < -0.3 is 9.30 Å². The van der Waals surface area contributed by atoms with Crippen LogP contribution >= 0.6 is 44.7 Å². The second kappa shape index (κ2) is 7.86. The number of halogens is 2. The van der Waals surface area contributed by atoms with Crippen LogP contribution in [0, 0.1) is 0 Å². The highest BCUT2D eigenvalue weighted by Crippen LogP contribution is 2.17. The van der Waals surface area contributed by atoms with Gasteiger partial charge in [0.2, 0.25) is 0 Å². The van der Waals surface area contributed by atoms with Crippen LogP contribution in [-0.4, -0.2) is 21.9 Å². The van der Waals surface area contributed by atoms with Gasteiger partial charge in [0.15, 0.2) is 5.16 Å². The molecule has 2 rings (SSSR count). The van der Waals surface area contributed by atoms with E-state index in [1.807, 2.05) is 42.1 Å². The number of hydrogen-bond acceptors (Lipinski definition) is 3. The normalized spacial score (nSPS) is 9.89. The highest BCUT2D eigenvalue weighted by Gasteiger charge is 2.00. The third-order valence-electron chi connectivity index (χ3n) is 2.17. The Bertz CT molecular complexity index is 473. The van der Waals surface area contributed by atoms with E-state index in [1.165, 1.54) is 0 Å². The first kappa shape index (κ1) is 15.6. The van der Waals surface area contributed by atoms with Gasteiger partial charge in [-0.2, -0.15) is 0 Å². The largest absolute Gasteiger partial charge is 0.493 e. The number of rotatable bonds is 5. The summed E-state index contributed by atoms with van der Waals surface area (Å²) in [5, 5.41) is 1.02. The molecule has 18 heavy (non-hydrogen) atoms. The maximum absolute atomic E-state index is 5.62. The van der Waals surface area contributed by atoms with Crippen molar-refractivity contribution < 1.29 is 4.74 Å². The van der Waals surface area contributed by atoms with Crippen molar-refractivity contribution in [1.82, 2.24) is 9.55 Å². The molecule has 0 unspecified atom stereocenters. The molecule has 0 bridgehead atoms. The fraction of sp³-hybridized carbons (Fsp3) is 0.250. The fourth-order valence-electron chi connectivity index (χ4n) is 1.31. The fourth-order valence-corrected chi connectivity index (χ4v) is 2.33. The Morgan fingerprint density at radius 1 is 1.33 bits per heavy atom. The Balaban J connectivity index is 0.00000162. The highest BCUT2D eigenvalue weighted by molar-refractivity contribution is 9.10. The molecule has 2 aromatic rings. The van der Waals surface area contributed by atoms with Gasteiger partial charge in [0, 0.05) is 29.7 Å². The van der Waals surface area contributed by atoms with E-state index in [2.05, 4.69) is 20.9 Å². The van der Waals surface area contributed by atoms with Crippen LogP contribution in [0.4, 0.5) is 0 Å². The average Bonchev–Trinajstić information content (AvgIpc) is 2.73. The minimum absolute atomic E-state index is 0. The van der Waals surface area contributed by atoms with E-state index in [0.717, 1.165) is 21.1 Å². The summed E-state index contributed by atoms with van der Waals surface area (Å²) in [5.41, 5.74) is 0. The molecular weight excluding hydrogens is 380 g/mol. The molecule has 0 saturated carbocycles. The van der Waals surface area contributed by atoms with E-state index < -0.39 is 0 Å². The van der Waals surface area contributed by atoms with Crippen molar-refractivity contribution >= 4 is 44.7 Å². The number of thioether (sulfide) groups is 1. The van der Waals surface area contributed by atoms with E-state index in [0.29, 0.717) is 6.61 Å². The summed E-state index contributed by atoms with van der Waals surface area (Å²) < 4.78 is 8.69. The Hall–Kier alpha value is -0.460. The molecule has 0 aliphatic carbocycles. The zero-order valence-electron chi connectivity index (χ0n) is 9.88. The number of nitrogens with zero attached hydrogens (tertiary/aromatic N) is 2. The monoisotopic (exact) mass is 392 g/mol. The maximum atomic E-state index is 5.62. The molecule has 0 aliphatic rings. The van der Waals surface area contributed by atoms with Gasteiger partial charge >= 0.3 is 0 Å². The lowest BCUT2D eigenvalue weighted by atomic mass is 10.3. The Morgan fingerprint density at radius 2 is 2.06 bits per heavy atom. The number of aryl methyl sites for hydroxylation is 1. The van der Waals surface area contributed by atoms with Gasteiger partial charge in [-0.3, -0.25) is 0 Å². The van der Waals surface area contributed by atoms with Gasteiger partial charge in [-0.25, -0.2) is 4.98 Å². The predicted octanol–water partition coefficient (Wildman–Crippen LogP) is 3.93. The summed E-state index contributed by atoms with van der Waals surface area (Å²) in [6, 6.07) is 7.85. The molecule has 3 nitrogen and oxygen atoms in total. The molecule has 0 spiro atoms. The lowest BCUT2D eigenvalue weighted by molar-refractivity contribution is 0.344. The molecule has 1 aromatic heterocycles. The molecule has 6 heteroatoms. The molecule has 0 amide bonds. The van der Waals surface area contributed by atoms with Crippen molar-refractivity contribution in [3.05, 3.63) is 41.1 Å². The summed E-state index contributed by atoms with van der Waals surface area (Å²) in [7, 11) is 1.99. The third-order valence-corrected chi connectivity index (χ3v) is 3.72. The van der Waals surface area contributed by atoms with Crippen molar-refractivity contribution in [2.75, 3.05) is 12.4 Å². The van der Waals surface area contributed by atoms with Crippen molar-refractivity contribution in [2.24, 2.45) is 7.05 Å². The van der Waals surface area contributed by atoms with Crippen LogP contribution in [-0.2, 0) is 7.05 Å². The minimum Gasteiger partial charge on any atom is -0.493 e. The molecule has 1 heterocycles. The SMILES string of the molecule is Br.Cn1ccnc1SCCOc1ccc(Br)cc1. The number of benzene rings is 1. The van der Waals surface area contributed by atoms with Crippen LogP contribution < -0.4 is 4.74 Å². The van der Waals surface area contributed by atoms with Gasteiger partial charge in [-0.05, 0) is 24.3 Å².